The van der Waals surface area contributed by atoms with Gasteiger partial charge in [0.25, 0.3) is 0 Å². The maximum Gasteiger partial charge on any atom is 0.317 e. The standard InChI is InChI=1S/C12H20ClNO3/c1-8(11(16)17-12(2,3)4)10(15)9(13)7-14(5)6/h7-8H,1-6H3/b9-7-. The number of hydrogen-bond donors (Lipinski definition) is 0. The van der Waals surface area contributed by atoms with Crippen molar-refractivity contribution in [1.82, 2.24) is 4.90 Å². The third-order valence-electron chi connectivity index (χ3n) is 1.76. The molecule has 0 amide bonds. The van der Waals surface area contributed by atoms with E-state index >= 15 is 0 Å². The highest BCUT2D eigenvalue weighted by atomic mass is 35.5. The molecule has 0 saturated heterocycles. The van der Waals surface area contributed by atoms with Crippen molar-refractivity contribution in [2.75, 3.05) is 14.1 Å². The maximum absolute atomic E-state index is 11.8. The quantitative estimate of drug-likeness (QED) is 0.442. The molecular weight excluding hydrogens is 242 g/mol. The minimum Gasteiger partial charge on any atom is -0.459 e. The molecule has 0 rings (SSSR count). The highest BCUT2D eigenvalue weighted by Crippen LogP contribution is 2.16. The number of Topliss-reactive ketones (excluding diaryl/α,β-unsaturated/α-hetero) is 1. The Morgan fingerprint density at radius 3 is 2.12 bits per heavy atom. The first-order chi connectivity index (χ1) is 7.54. The Balaban J connectivity index is 4.67. The largest absolute Gasteiger partial charge is 0.459 e. The lowest BCUT2D eigenvalue weighted by atomic mass is 10.1. The molecule has 0 aromatic heterocycles. The van der Waals surface area contributed by atoms with Crippen molar-refractivity contribution < 1.29 is 14.3 Å². The molecular formula is C12H20ClNO3. The molecule has 98 valence electrons. The average molecular weight is 262 g/mol. The first-order valence-electron chi connectivity index (χ1n) is 5.35. The van der Waals surface area contributed by atoms with Crippen LogP contribution < -0.4 is 0 Å². The molecule has 0 aliphatic rings. The molecule has 0 saturated carbocycles. The van der Waals surface area contributed by atoms with Crippen LogP contribution in [0.25, 0.3) is 0 Å². The van der Waals surface area contributed by atoms with Gasteiger partial charge in [-0.3, -0.25) is 9.59 Å². The summed E-state index contributed by atoms with van der Waals surface area (Å²) < 4.78 is 5.12. The molecule has 0 N–H and O–H groups in total. The number of nitrogens with zero attached hydrogens (tertiary/aromatic N) is 1. The van der Waals surface area contributed by atoms with Crippen molar-refractivity contribution in [3.8, 4) is 0 Å². The molecule has 0 heterocycles. The summed E-state index contributed by atoms with van der Waals surface area (Å²) in [6, 6.07) is 0. The number of allylic oxidation sites excluding steroid dienone is 1. The fourth-order valence-corrected chi connectivity index (χ4v) is 1.35. The number of ether oxygens (including phenoxy) is 1. The second-order valence-electron chi connectivity index (χ2n) is 5.06. The zero-order valence-electron chi connectivity index (χ0n) is 11.2. The van der Waals surface area contributed by atoms with Gasteiger partial charge in [0.2, 0.25) is 0 Å². The zero-order chi connectivity index (χ0) is 13.8. The van der Waals surface area contributed by atoms with Gasteiger partial charge in [-0.15, -0.1) is 0 Å². The summed E-state index contributed by atoms with van der Waals surface area (Å²) in [5.74, 6) is -1.89. The minimum atomic E-state index is -0.891. The Hall–Kier alpha value is -1.03. The predicted octanol–water partition coefficient (Wildman–Crippen LogP) is 2.18. The molecule has 5 heteroatoms. The molecule has 17 heavy (non-hydrogen) atoms. The number of carbonyl (C=O) groups excluding carboxylic acids is 2. The molecule has 0 bridgehead atoms. The zero-order valence-corrected chi connectivity index (χ0v) is 12.0. The third-order valence-corrected chi connectivity index (χ3v) is 2.04. The third kappa shape index (κ3) is 6.31. The van der Waals surface area contributed by atoms with Crippen molar-refractivity contribution in [3.63, 3.8) is 0 Å². The van der Waals surface area contributed by atoms with Gasteiger partial charge in [-0.25, -0.2) is 0 Å². The summed E-state index contributed by atoms with van der Waals surface area (Å²) >= 11 is 5.80. The normalized spacial score (nSPS) is 14.2. The molecule has 1 unspecified atom stereocenters. The number of halogens is 1. The van der Waals surface area contributed by atoms with Crippen molar-refractivity contribution in [2.45, 2.75) is 33.3 Å². The number of ketones is 1. The molecule has 0 aliphatic carbocycles. The van der Waals surface area contributed by atoms with Crippen LogP contribution in [0.4, 0.5) is 0 Å². The smallest absolute Gasteiger partial charge is 0.317 e. The van der Waals surface area contributed by atoms with E-state index in [4.69, 9.17) is 16.3 Å². The summed E-state index contributed by atoms with van der Waals surface area (Å²) in [6.07, 6.45) is 1.46. The van der Waals surface area contributed by atoms with Crippen molar-refractivity contribution >= 4 is 23.4 Å². The van der Waals surface area contributed by atoms with Gasteiger partial charge in [0.05, 0.1) is 0 Å². The van der Waals surface area contributed by atoms with Crippen LogP contribution in [0.15, 0.2) is 11.2 Å². The monoisotopic (exact) mass is 261 g/mol. The summed E-state index contributed by atoms with van der Waals surface area (Å²) in [5, 5.41) is 0.0216. The van der Waals surface area contributed by atoms with Crippen molar-refractivity contribution in [1.29, 1.82) is 0 Å². The van der Waals surface area contributed by atoms with Gasteiger partial charge in [0.1, 0.15) is 16.6 Å². The van der Waals surface area contributed by atoms with Crippen LogP contribution in [0.3, 0.4) is 0 Å². The van der Waals surface area contributed by atoms with E-state index in [1.54, 1.807) is 39.8 Å². The van der Waals surface area contributed by atoms with Crippen molar-refractivity contribution in [3.05, 3.63) is 11.2 Å². The average Bonchev–Trinajstić information content (AvgIpc) is 2.11. The highest BCUT2D eigenvalue weighted by Gasteiger charge is 2.28. The molecule has 0 aromatic carbocycles. The van der Waals surface area contributed by atoms with Gasteiger partial charge in [-0.1, -0.05) is 11.6 Å². The van der Waals surface area contributed by atoms with Crippen LogP contribution in [0, 0.1) is 5.92 Å². The van der Waals surface area contributed by atoms with Crippen LogP contribution >= 0.6 is 11.6 Å². The van der Waals surface area contributed by atoms with Crippen LogP contribution in [0.5, 0.6) is 0 Å². The van der Waals surface area contributed by atoms with E-state index in [-0.39, 0.29) is 5.03 Å². The molecule has 0 spiro atoms. The Bertz CT molecular complexity index is 329. The lowest BCUT2D eigenvalue weighted by molar-refractivity contribution is -0.160. The number of rotatable bonds is 4. The molecule has 0 fully saturated rings. The molecule has 0 radical (unpaired) electrons. The predicted molar refractivity (Wildman–Crippen MR) is 67.6 cm³/mol. The van der Waals surface area contributed by atoms with E-state index in [2.05, 4.69) is 0 Å². The van der Waals surface area contributed by atoms with Crippen LogP contribution in [0.2, 0.25) is 0 Å². The Morgan fingerprint density at radius 1 is 1.29 bits per heavy atom. The first-order valence-corrected chi connectivity index (χ1v) is 5.73. The number of esters is 1. The minimum absolute atomic E-state index is 0.0216. The topological polar surface area (TPSA) is 46.6 Å². The Labute approximate surface area is 108 Å². The second-order valence-corrected chi connectivity index (χ2v) is 5.47. The van der Waals surface area contributed by atoms with E-state index in [1.165, 1.54) is 13.1 Å². The van der Waals surface area contributed by atoms with Gasteiger partial charge in [-0.05, 0) is 27.7 Å². The van der Waals surface area contributed by atoms with Gasteiger partial charge in [-0.2, -0.15) is 0 Å². The summed E-state index contributed by atoms with van der Waals surface area (Å²) in [5.41, 5.74) is -0.608. The highest BCUT2D eigenvalue weighted by molar-refractivity contribution is 6.43. The summed E-state index contributed by atoms with van der Waals surface area (Å²) in [6.45, 7) is 6.74. The molecule has 4 nitrogen and oxygen atoms in total. The van der Waals surface area contributed by atoms with E-state index in [1.807, 2.05) is 0 Å². The lowest BCUT2D eigenvalue weighted by Crippen LogP contribution is -2.31. The van der Waals surface area contributed by atoms with Gasteiger partial charge in [0.15, 0.2) is 5.78 Å². The second kappa shape index (κ2) is 6.05. The van der Waals surface area contributed by atoms with E-state index in [0.717, 1.165) is 0 Å². The van der Waals surface area contributed by atoms with Crippen LogP contribution in [-0.4, -0.2) is 36.3 Å². The van der Waals surface area contributed by atoms with Crippen LogP contribution in [0.1, 0.15) is 27.7 Å². The first kappa shape index (κ1) is 16.0. The molecule has 0 aliphatic heterocycles. The Kier molecular flexibility index (Phi) is 5.69. The molecule has 0 aromatic rings. The van der Waals surface area contributed by atoms with Gasteiger partial charge < -0.3 is 9.64 Å². The van der Waals surface area contributed by atoms with E-state index in [9.17, 15) is 9.59 Å². The number of carbonyl (C=O) groups is 2. The summed E-state index contributed by atoms with van der Waals surface area (Å²) in [7, 11) is 3.49. The maximum atomic E-state index is 11.8. The Morgan fingerprint density at radius 2 is 1.76 bits per heavy atom. The van der Waals surface area contributed by atoms with Crippen molar-refractivity contribution in [2.24, 2.45) is 5.92 Å². The van der Waals surface area contributed by atoms with Gasteiger partial charge in [0, 0.05) is 20.3 Å². The lowest BCUT2D eigenvalue weighted by Gasteiger charge is -2.21. The van der Waals surface area contributed by atoms with Crippen LogP contribution in [-0.2, 0) is 14.3 Å². The summed E-state index contributed by atoms with van der Waals surface area (Å²) in [4.78, 5) is 25.1. The van der Waals surface area contributed by atoms with E-state index in [0.29, 0.717) is 0 Å². The van der Waals surface area contributed by atoms with Gasteiger partial charge >= 0.3 is 5.97 Å². The van der Waals surface area contributed by atoms with E-state index < -0.39 is 23.3 Å². The fourth-order valence-electron chi connectivity index (χ4n) is 0.994. The molecule has 1 atom stereocenters. The fraction of sp³-hybridized carbons (Fsp3) is 0.667. The number of hydrogen-bond acceptors (Lipinski definition) is 4. The SMILES string of the molecule is CC(C(=O)OC(C)(C)C)C(=O)/C(Cl)=C/N(C)C.